The minimum absolute atomic E-state index is 0.293. The lowest BCUT2D eigenvalue weighted by atomic mass is 10.0. The molecule has 3 aromatic rings. The highest BCUT2D eigenvalue weighted by Gasteiger charge is 2.36. The number of halogens is 1. The lowest BCUT2D eigenvalue weighted by molar-refractivity contribution is -0.131. The molecule has 1 aromatic heterocycles. The Morgan fingerprint density at radius 1 is 1.13 bits per heavy atom. The summed E-state index contributed by atoms with van der Waals surface area (Å²) in [5.74, 6) is 2.66. The minimum atomic E-state index is 0.293. The molecule has 0 N–H and O–H groups in total. The maximum absolute atomic E-state index is 12.3. The number of amides is 1. The Labute approximate surface area is 186 Å². The highest BCUT2D eigenvalue weighted by molar-refractivity contribution is 6.33. The van der Waals surface area contributed by atoms with Crippen LogP contribution in [0.4, 0.5) is 0 Å². The van der Waals surface area contributed by atoms with Crippen molar-refractivity contribution in [1.82, 2.24) is 19.7 Å². The number of aromatic nitrogens is 3. The molecule has 1 saturated heterocycles. The van der Waals surface area contributed by atoms with Gasteiger partial charge in [-0.2, -0.15) is 0 Å². The molecule has 2 aliphatic rings. The van der Waals surface area contributed by atoms with E-state index in [-0.39, 0.29) is 0 Å². The van der Waals surface area contributed by atoms with Gasteiger partial charge < -0.3 is 14.2 Å². The first-order valence-electron chi connectivity index (χ1n) is 10.7. The minimum Gasteiger partial charge on any atom is -0.497 e. The third kappa shape index (κ3) is 4.17. The van der Waals surface area contributed by atoms with Gasteiger partial charge >= 0.3 is 0 Å². The first-order chi connectivity index (χ1) is 15.1. The Kier molecular flexibility index (Phi) is 5.40. The lowest BCUT2D eigenvalue weighted by Crippen LogP contribution is -2.30. The smallest absolute Gasteiger partial charge is 0.225 e. The summed E-state index contributed by atoms with van der Waals surface area (Å²) in [6.45, 7) is 2.53. The third-order valence-corrected chi connectivity index (χ3v) is 6.54. The summed E-state index contributed by atoms with van der Waals surface area (Å²) in [5.41, 5.74) is 3.00. The molecule has 0 radical (unpaired) electrons. The van der Waals surface area contributed by atoms with Gasteiger partial charge in [0.15, 0.2) is 5.82 Å². The summed E-state index contributed by atoms with van der Waals surface area (Å²) in [4.78, 5) is 14.4. The van der Waals surface area contributed by atoms with Crippen LogP contribution in [-0.4, -0.2) is 45.8 Å². The van der Waals surface area contributed by atoms with E-state index in [0.717, 1.165) is 67.2 Å². The second kappa shape index (κ2) is 8.35. The predicted molar refractivity (Wildman–Crippen MR) is 120 cm³/mol. The Balaban J connectivity index is 1.30. The fourth-order valence-electron chi connectivity index (χ4n) is 4.32. The van der Waals surface area contributed by atoms with E-state index in [2.05, 4.69) is 14.8 Å². The first kappa shape index (κ1) is 20.1. The zero-order valence-corrected chi connectivity index (χ0v) is 18.3. The van der Waals surface area contributed by atoms with E-state index in [1.54, 1.807) is 13.4 Å². The molecule has 160 valence electrons. The van der Waals surface area contributed by atoms with Gasteiger partial charge in [-0.1, -0.05) is 35.9 Å². The van der Waals surface area contributed by atoms with E-state index in [4.69, 9.17) is 16.3 Å². The molecule has 0 bridgehead atoms. The summed E-state index contributed by atoms with van der Waals surface area (Å²) >= 11 is 6.43. The van der Waals surface area contributed by atoms with Gasteiger partial charge in [0.05, 0.1) is 12.1 Å². The van der Waals surface area contributed by atoms with Crippen molar-refractivity contribution in [1.29, 1.82) is 0 Å². The average Bonchev–Trinajstić information content (AvgIpc) is 3.37. The van der Waals surface area contributed by atoms with Crippen LogP contribution in [0.2, 0.25) is 5.02 Å². The number of carbonyl (C=O) groups is 1. The molecule has 1 aliphatic heterocycles. The fraction of sp³-hybridized carbons (Fsp3) is 0.375. The lowest BCUT2D eigenvalue weighted by Gasteiger charge is -2.17. The Bertz CT molecular complexity index is 1090. The largest absolute Gasteiger partial charge is 0.497 e. The molecule has 1 unspecified atom stereocenters. The summed E-state index contributed by atoms with van der Waals surface area (Å²) in [7, 11) is 1.63. The van der Waals surface area contributed by atoms with Crippen LogP contribution in [0.5, 0.6) is 5.75 Å². The number of hydrogen-bond donors (Lipinski definition) is 0. The molecule has 6 nitrogen and oxygen atoms in total. The van der Waals surface area contributed by atoms with Crippen molar-refractivity contribution in [2.24, 2.45) is 11.8 Å². The van der Waals surface area contributed by atoms with Crippen LogP contribution < -0.4 is 4.74 Å². The van der Waals surface area contributed by atoms with Crippen LogP contribution in [-0.2, 0) is 11.3 Å². The molecule has 1 amide bonds. The van der Waals surface area contributed by atoms with Crippen LogP contribution >= 0.6 is 11.6 Å². The number of hydrogen-bond acceptors (Lipinski definition) is 4. The second-order valence-electron chi connectivity index (χ2n) is 8.44. The van der Waals surface area contributed by atoms with Crippen LogP contribution in [0.3, 0.4) is 0 Å². The van der Waals surface area contributed by atoms with Crippen LogP contribution in [0.25, 0.3) is 22.5 Å². The van der Waals surface area contributed by atoms with Gasteiger partial charge in [0.25, 0.3) is 0 Å². The number of rotatable bonds is 6. The van der Waals surface area contributed by atoms with E-state index in [1.165, 1.54) is 0 Å². The molecule has 7 heteroatoms. The van der Waals surface area contributed by atoms with E-state index < -0.39 is 0 Å². The highest BCUT2D eigenvalue weighted by atomic mass is 35.5. The SMILES string of the molecule is COc1ccc(-c2ccc(-c3nncn3CC3CCN(C(=O)C4CC4)C3)cc2)c(Cl)c1. The summed E-state index contributed by atoms with van der Waals surface area (Å²) in [5, 5.41) is 9.15. The fourth-order valence-corrected chi connectivity index (χ4v) is 4.60. The standard InChI is InChI=1S/C24H25ClN4O2/c1-31-20-8-9-21(22(25)12-20)17-2-4-18(5-3-17)23-27-26-15-29(23)14-16-10-11-28(13-16)24(30)19-6-7-19/h2-5,8-9,12,15-16,19H,6-7,10-11,13-14H2,1H3. The molecule has 1 saturated carbocycles. The Morgan fingerprint density at radius 2 is 1.90 bits per heavy atom. The Hall–Kier alpha value is -2.86. The molecule has 2 aromatic carbocycles. The normalized spacial score (nSPS) is 18.4. The molecular formula is C24H25ClN4O2. The predicted octanol–water partition coefficient (Wildman–Crippen LogP) is 4.53. The summed E-state index contributed by atoms with van der Waals surface area (Å²) < 4.78 is 7.33. The number of carbonyl (C=O) groups excluding carboxylic acids is 1. The van der Waals surface area contributed by atoms with Gasteiger partial charge in [-0.05, 0) is 48.9 Å². The Morgan fingerprint density at radius 3 is 2.61 bits per heavy atom. The van der Waals surface area contributed by atoms with Crippen LogP contribution in [0.1, 0.15) is 19.3 Å². The maximum atomic E-state index is 12.3. The molecule has 2 heterocycles. The van der Waals surface area contributed by atoms with Crippen molar-refractivity contribution in [3.63, 3.8) is 0 Å². The third-order valence-electron chi connectivity index (χ3n) is 6.22. The topological polar surface area (TPSA) is 60.3 Å². The van der Waals surface area contributed by atoms with Crippen molar-refractivity contribution in [2.75, 3.05) is 20.2 Å². The summed E-state index contributed by atoms with van der Waals surface area (Å²) in [6.07, 6.45) is 4.95. The van der Waals surface area contributed by atoms with E-state index in [0.29, 0.717) is 22.8 Å². The van der Waals surface area contributed by atoms with Gasteiger partial charge in [0.1, 0.15) is 12.1 Å². The van der Waals surface area contributed by atoms with Crippen LogP contribution in [0, 0.1) is 11.8 Å². The highest BCUT2D eigenvalue weighted by Crippen LogP contribution is 2.34. The number of methoxy groups -OCH3 is 1. The quantitative estimate of drug-likeness (QED) is 0.569. The van der Waals surface area contributed by atoms with Gasteiger partial charge in [-0.3, -0.25) is 4.79 Å². The molecule has 1 aliphatic carbocycles. The van der Waals surface area contributed by atoms with Gasteiger partial charge in [-0.25, -0.2) is 0 Å². The van der Waals surface area contributed by atoms with Gasteiger partial charge in [0, 0.05) is 36.7 Å². The van der Waals surface area contributed by atoms with E-state index >= 15 is 0 Å². The number of ether oxygens (including phenoxy) is 1. The molecule has 31 heavy (non-hydrogen) atoms. The van der Waals surface area contributed by atoms with Crippen molar-refractivity contribution in [2.45, 2.75) is 25.8 Å². The van der Waals surface area contributed by atoms with Gasteiger partial charge in [-0.15, -0.1) is 10.2 Å². The zero-order valence-electron chi connectivity index (χ0n) is 17.5. The second-order valence-corrected chi connectivity index (χ2v) is 8.85. The van der Waals surface area contributed by atoms with E-state index in [9.17, 15) is 4.79 Å². The number of nitrogens with zero attached hydrogens (tertiary/aromatic N) is 4. The average molecular weight is 437 g/mol. The number of likely N-dealkylation sites (tertiary alicyclic amines) is 1. The van der Waals surface area contributed by atoms with E-state index in [1.807, 2.05) is 47.4 Å². The van der Waals surface area contributed by atoms with Crippen LogP contribution in [0.15, 0.2) is 48.8 Å². The monoisotopic (exact) mass is 436 g/mol. The van der Waals surface area contributed by atoms with Crippen molar-refractivity contribution < 1.29 is 9.53 Å². The molecule has 0 spiro atoms. The van der Waals surface area contributed by atoms with Crippen molar-refractivity contribution in [3.8, 4) is 28.3 Å². The molecule has 5 rings (SSSR count). The maximum Gasteiger partial charge on any atom is 0.225 e. The van der Waals surface area contributed by atoms with Crippen molar-refractivity contribution in [3.05, 3.63) is 53.8 Å². The molecular weight excluding hydrogens is 412 g/mol. The first-order valence-corrected chi connectivity index (χ1v) is 11.1. The molecule has 1 atom stereocenters. The summed E-state index contributed by atoms with van der Waals surface area (Å²) in [6, 6.07) is 13.9. The van der Waals surface area contributed by atoms with Crippen molar-refractivity contribution >= 4 is 17.5 Å². The number of benzene rings is 2. The van der Waals surface area contributed by atoms with Gasteiger partial charge in [0.2, 0.25) is 5.91 Å². The zero-order chi connectivity index (χ0) is 21.4. The molecule has 2 fully saturated rings.